The van der Waals surface area contributed by atoms with Crippen LogP contribution in [0.25, 0.3) is 0 Å². The number of halogens is 2. The molecule has 2 aromatic rings. The van der Waals surface area contributed by atoms with Crippen LogP contribution >= 0.6 is 11.6 Å². The summed E-state index contributed by atoms with van der Waals surface area (Å²) < 4.78 is 18.3. The van der Waals surface area contributed by atoms with Gasteiger partial charge in [-0.05, 0) is 18.2 Å². The van der Waals surface area contributed by atoms with Crippen LogP contribution in [0.3, 0.4) is 0 Å². The number of nitro groups is 1. The highest BCUT2D eigenvalue weighted by Gasteiger charge is 2.12. The first-order chi connectivity index (χ1) is 8.58. The third kappa shape index (κ3) is 2.60. The van der Waals surface area contributed by atoms with E-state index in [1.807, 2.05) is 0 Å². The average Bonchev–Trinajstić information content (AvgIpc) is 2.77. The quantitative estimate of drug-likeness (QED) is 0.681. The van der Waals surface area contributed by atoms with E-state index in [-0.39, 0.29) is 23.1 Å². The van der Waals surface area contributed by atoms with Crippen LogP contribution in [0.15, 0.2) is 34.7 Å². The van der Waals surface area contributed by atoms with Gasteiger partial charge in [0.25, 0.3) is 0 Å². The van der Waals surface area contributed by atoms with Gasteiger partial charge in [0.1, 0.15) is 16.5 Å². The lowest BCUT2D eigenvalue weighted by molar-refractivity contribution is -0.402. The van der Waals surface area contributed by atoms with Gasteiger partial charge >= 0.3 is 5.88 Å². The average molecular weight is 271 g/mol. The van der Waals surface area contributed by atoms with Gasteiger partial charge in [-0.1, -0.05) is 17.7 Å². The molecule has 0 saturated heterocycles. The van der Waals surface area contributed by atoms with Crippen LogP contribution in [0, 0.1) is 15.9 Å². The van der Waals surface area contributed by atoms with Crippen LogP contribution in [-0.4, -0.2) is 4.92 Å². The minimum absolute atomic E-state index is 0.106. The third-order valence-electron chi connectivity index (χ3n) is 2.23. The first kappa shape index (κ1) is 12.4. The number of benzene rings is 1. The number of para-hydroxylation sites is 1. The summed E-state index contributed by atoms with van der Waals surface area (Å²) >= 11 is 5.81. The van der Waals surface area contributed by atoms with Gasteiger partial charge in [-0.15, -0.1) is 0 Å². The molecule has 0 aliphatic heterocycles. The van der Waals surface area contributed by atoms with Crippen LogP contribution in [0.5, 0.6) is 0 Å². The molecule has 0 fully saturated rings. The third-order valence-corrected chi connectivity index (χ3v) is 2.54. The summed E-state index contributed by atoms with van der Waals surface area (Å²) in [4.78, 5) is 9.77. The van der Waals surface area contributed by atoms with E-state index in [2.05, 4.69) is 5.32 Å². The van der Waals surface area contributed by atoms with E-state index in [9.17, 15) is 14.5 Å². The van der Waals surface area contributed by atoms with Crippen LogP contribution in [-0.2, 0) is 6.54 Å². The smallest absolute Gasteiger partial charge is 0.404 e. The van der Waals surface area contributed by atoms with Gasteiger partial charge in [0.15, 0.2) is 0 Å². The summed E-state index contributed by atoms with van der Waals surface area (Å²) in [7, 11) is 0. The zero-order valence-corrected chi connectivity index (χ0v) is 9.78. The number of nitrogens with one attached hydrogen (secondary N) is 1. The SMILES string of the molecule is O=[N+]([O-])c1ccc(CNc2c(F)cccc2Cl)o1. The molecular weight excluding hydrogens is 263 g/mol. The summed E-state index contributed by atoms with van der Waals surface area (Å²) in [5.74, 6) is -0.531. The number of rotatable bonds is 4. The fourth-order valence-corrected chi connectivity index (χ4v) is 1.63. The van der Waals surface area contributed by atoms with Crippen LogP contribution in [0.4, 0.5) is 16.0 Å². The van der Waals surface area contributed by atoms with E-state index in [1.165, 1.54) is 30.3 Å². The summed E-state index contributed by atoms with van der Waals surface area (Å²) in [5.41, 5.74) is 0.137. The number of nitrogens with zero attached hydrogens (tertiary/aromatic N) is 1. The Hall–Kier alpha value is -2.08. The molecule has 0 spiro atoms. The predicted molar refractivity (Wildman–Crippen MR) is 64.1 cm³/mol. The van der Waals surface area contributed by atoms with Gasteiger partial charge < -0.3 is 9.73 Å². The Balaban J connectivity index is 2.09. The predicted octanol–water partition coefficient (Wildman–Crippen LogP) is 3.59. The Morgan fingerprint density at radius 3 is 2.78 bits per heavy atom. The lowest BCUT2D eigenvalue weighted by Gasteiger charge is -2.07. The van der Waals surface area contributed by atoms with E-state index in [4.69, 9.17) is 16.0 Å². The monoisotopic (exact) mass is 270 g/mol. The standard InChI is InChI=1S/C11H8ClFN2O3/c12-8-2-1-3-9(13)11(8)14-6-7-4-5-10(18-7)15(16)17/h1-5,14H,6H2. The lowest BCUT2D eigenvalue weighted by Crippen LogP contribution is -2.01. The van der Waals surface area contributed by atoms with E-state index in [0.717, 1.165) is 0 Å². The van der Waals surface area contributed by atoms with Crippen molar-refractivity contribution in [2.75, 3.05) is 5.32 Å². The Bertz CT molecular complexity index is 565. The molecule has 94 valence electrons. The van der Waals surface area contributed by atoms with Gasteiger partial charge in [0.2, 0.25) is 0 Å². The second-order valence-electron chi connectivity index (χ2n) is 3.45. The maximum absolute atomic E-state index is 13.4. The van der Waals surface area contributed by atoms with Crippen molar-refractivity contribution in [2.45, 2.75) is 6.54 Å². The molecule has 1 aromatic heterocycles. The highest BCUT2D eigenvalue weighted by Crippen LogP contribution is 2.25. The molecule has 18 heavy (non-hydrogen) atoms. The topological polar surface area (TPSA) is 68.3 Å². The number of hydrogen-bond acceptors (Lipinski definition) is 4. The summed E-state index contributed by atoms with van der Waals surface area (Å²) in [6.45, 7) is 0.106. The van der Waals surface area contributed by atoms with E-state index in [0.29, 0.717) is 5.76 Å². The van der Waals surface area contributed by atoms with Crippen LogP contribution in [0.2, 0.25) is 5.02 Å². The summed E-state index contributed by atoms with van der Waals surface area (Å²) in [6, 6.07) is 6.97. The van der Waals surface area contributed by atoms with Crippen molar-refractivity contribution in [3.05, 3.63) is 57.0 Å². The van der Waals surface area contributed by atoms with Crippen molar-refractivity contribution in [1.29, 1.82) is 0 Å². The van der Waals surface area contributed by atoms with Crippen LogP contribution < -0.4 is 5.32 Å². The molecule has 2 rings (SSSR count). The minimum atomic E-state index is -0.639. The largest absolute Gasteiger partial charge is 0.433 e. The molecule has 0 amide bonds. The van der Waals surface area contributed by atoms with E-state index in [1.54, 1.807) is 0 Å². The van der Waals surface area contributed by atoms with Gasteiger partial charge in [-0.25, -0.2) is 4.39 Å². The van der Waals surface area contributed by atoms with Crippen molar-refractivity contribution in [3.63, 3.8) is 0 Å². The highest BCUT2D eigenvalue weighted by atomic mass is 35.5. The van der Waals surface area contributed by atoms with Gasteiger partial charge in [-0.2, -0.15) is 0 Å². The Kier molecular flexibility index (Phi) is 3.47. The fraction of sp³-hybridized carbons (Fsp3) is 0.0909. The van der Waals surface area contributed by atoms with Crippen LogP contribution in [0.1, 0.15) is 5.76 Å². The Labute approximate surface area is 106 Å². The normalized spacial score (nSPS) is 10.3. The van der Waals surface area contributed by atoms with Crippen molar-refractivity contribution in [1.82, 2.24) is 0 Å². The maximum atomic E-state index is 13.4. The molecule has 1 aromatic carbocycles. The minimum Gasteiger partial charge on any atom is -0.404 e. The number of anilines is 1. The molecule has 0 aliphatic rings. The highest BCUT2D eigenvalue weighted by molar-refractivity contribution is 6.33. The molecule has 0 radical (unpaired) electrons. The zero-order chi connectivity index (χ0) is 13.1. The molecule has 7 heteroatoms. The van der Waals surface area contributed by atoms with Crippen molar-refractivity contribution < 1.29 is 13.7 Å². The molecule has 5 nitrogen and oxygen atoms in total. The molecule has 1 heterocycles. The molecule has 1 N–H and O–H groups in total. The molecule has 0 atom stereocenters. The second kappa shape index (κ2) is 5.05. The fourth-order valence-electron chi connectivity index (χ4n) is 1.40. The maximum Gasteiger partial charge on any atom is 0.433 e. The van der Waals surface area contributed by atoms with E-state index < -0.39 is 10.7 Å². The molecular formula is C11H8ClFN2O3. The number of hydrogen-bond donors (Lipinski definition) is 1. The Morgan fingerprint density at radius 2 is 2.17 bits per heavy atom. The lowest BCUT2D eigenvalue weighted by atomic mass is 10.3. The molecule has 0 unspecified atom stereocenters. The summed E-state index contributed by atoms with van der Waals surface area (Å²) in [6.07, 6.45) is 0. The molecule has 0 aliphatic carbocycles. The Morgan fingerprint density at radius 1 is 1.39 bits per heavy atom. The van der Waals surface area contributed by atoms with Gasteiger partial charge in [-0.3, -0.25) is 10.1 Å². The molecule has 0 bridgehead atoms. The second-order valence-corrected chi connectivity index (χ2v) is 3.85. The van der Waals surface area contributed by atoms with Gasteiger partial charge in [0.05, 0.1) is 23.3 Å². The van der Waals surface area contributed by atoms with E-state index >= 15 is 0 Å². The number of furan rings is 1. The van der Waals surface area contributed by atoms with Gasteiger partial charge in [0, 0.05) is 0 Å². The summed E-state index contributed by atoms with van der Waals surface area (Å²) in [5, 5.41) is 13.4. The zero-order valence-electron chi connectivity index (χ0n) is 9.02. The first-order valence-electron chi connectivity index (χ1n) is 4.99. The van der Waals surface area contributed by atoms with Crippen molar-refractivity contribution in [3.8, 4) is 0 Å². The van der Waals surface area contributed by atoms with Crippen molar-refractivity contribution in [2.24, 2.45) is 0 Å². The first-order valence-corrected chi connectivity index (χ1v) is 5.36. The van der Waals surface area contributed by atoms with Crippen molar-refractivity contribution >= 4 is 23.2 Å². The molecule has 0 saturated carbocycles.